The third-order valence-corrected chi connectivity index (χ3v) is 3.47. The number of hydrogen-bond acceptors (Lipinski definition) is 3. The van der Waals surface area contributed by atoms with Gasteiger partial charge in [0.25, 0.3) is 0 Å². The second-order valence-corrected chi connectivity index (χ2v) is 5.01. The first-order chi connectivity index (χ1) is 7.24. The number of nitrogens with zero attached hydrogens (tertiary/aromatic N) is 1. The molecule has 0 radical (unpaired) electrons. The largest absolute Gasteiger partial charge is 0.309 e. The van der Waals surface area contributed by atoms with E-state index in [1.807, 2.05) is 24.0 Å². The standard InChI is InChI=1S/C12H20N2S/c1-4-15-9-10(2)14-8-12-6-5-7-13-11(12)3/h5-7,10,14H,4,8-9H2,1-3H3. The smallest absolute Gasteiger partial charge is 0.0417 e. The van der Waals surface area contributed by atoms with Crippen LogP contribution in [0, 0.1) is 6.92 Å². The summed E-state index contributed by atoms with van der Waals surface area (Å²) in [5.41, 5.74) is 2.42. The Morgan fingerprint density at radius 2 is 2.33 bits per heavy atom. The highest BCUT2D eigenvalue weighted by atomic mass is 32.2. The maximum absolute atomic E-state index is 4.27. The van der Waals surface area contributed by atoms with Crippen LogP contribution in [0.15, 0.2) is 18.3 Å². The Morgan fingerprint density at radius 1 is 1.53 bits per heavy atom. The number of aryl methyl sites for hydroxylation is 1. The van der Waals surface area contributed by atoms with E-state index in [1.165, 1.54) is 17.1 Å². The minimum atomic E-state index is 0.564. The van der Waals surface area contributed by atoms with E-state index in [0.717, 1.165) is 12.2 Å². The Bertz CT molecular complexity index is 289. The molecule has 0 aliphatic heterocycles. The molecule has 0 aliphatic carbocycles. The number of pyridine rings is 1. The van der Waals surface area contributed by atoms with Crippen LogP contribution in [0.25, 0.3) is 0 Å². The molecule has 2 nitrogen and oxygen atoms in total. The topological polar surface area (TPSA) is 24.9 Å². The predicted molar refractivity (Wildman–Crippen MR) is 68.3 cm³/mol. The molecule has 1 heterocycles. The summed E-state index contributed by atoms with van der Waals surface area (Å²) in [6.07, 6.45) is 1.84. The normalized spacial score (nSPS) is 12.7. The minimum absolute atomic E-state index is 0.564. The van der Waals surface area contributed by atoms with Gasteiger partial charge in [-0.25, -0.2) is 0 Å². The molecule has 1 atom stereocenters. The molecule has 0 bridgehead atoms. The van der Waals surface area contributed by atoms with Gasteiger partial charge in [-0.1, -0.05) is 13.0 Å². The third-order valence-electron chi connectivity index (χ3n) is 2.33. The van der Waals surface area contributed by atoms with Crippen molar-refractivity contribution in [1.82, 2.24) is 10.3 Å². The van der Waals surface area contributed by atoms with Crippen molar-refractivity contribution in [3.63, 3.8) is 0 Å². The lowest BCUT2D eigenvalue weighted by Crippen LogP contribution is -2.28. The molecule has 1 N–H and O–H groups in total. The van der Waals surface area contributed by atoms with Crippen LogP contribution in [-0.2, 0) is 6.54 Å². The van der Waals surface area contributed by atoms with E-state index >= 15 is 0 Å². The average molecular weight is 224 g/mol. The SMILES string of the molecule is CCSCC(C)NCc1cccnc1C. The van der Waals surface area contributed by atoms with Crippen molar-refractivity contribution in [2.24, 2.45) is 0 Å². The molecular formula is C12H20N2S. The van der Waals surface area contributed by atoms with Crippen LogP contribution in [0.3, 0.4) is 0 Å². The second kappa shape index (κ2) is 6.85. The molecule has 1 aromatic rings. The molecule has 0 saturated heterocycles. The average Bonchev–Trinajstić information content (AvgIpc) is 2.25. The third kappa shape index (κ3) is 4.67. The monoisotopic (exact) mass is 224 g/mol. The van der Waals surface area contributed by atoms with E-state index in [2.05, 4.69) is 37.1 Å². The quantitative estimate of drug-likeness (QED) is 0.804. The summed E-state index contributed by atoms with van der Waals surface area (Å²) >= 11 is 1.98. The fourth-order valence-corrected chi connectivity index (χ4v) is 2.05. The molecule has 0 fully saturated rings. The van der Waals surface area contributed by atoms with Crippen LogP contribution in [0.2, 0.25) is 0 Å². The summed E-state index contributed by atoms with van der Waals surface area (Å²) in [4.78, 5) is 4.27. The Balaban J connectivity index is 2.33. The summed E-state index contributed by atoms with van der Waals surface area (Å²) < 4.78 is 0. The number of aromatic nitrogens is 1. The lowest BCUT2D eigenvalue weighted by molar-refractivity contribution is 0.593. The predicted octanol–water partition coefficient (Wildman–Crippen LogP) is 2.62. The summed E-state index contributed by atoms with van der Waals surface area (Å²) in [5.74, 6) is 2.37. The summed E-state index contributed by atoms with van der Waals surface area (Å²) in [6.45, 7) is 7.41. The number of hydrogen-bond donors (Lipinski definition) is 1. The van der Waals surface area contributed by atoms with Crippen molar-refractivity contribution in [2.45, 2.75) is 33.4 Å². The van der Waals surface area contributed by atoms with Gasteiger partial charge in [-0.05, 0) is 31.2 Å². The van der Waals surface area contributed by atoms with Gasteiger partial charge in [0.05, 0.1) is 0 Å². The number of thioether (sulfide) groups is 1. The fourth-order valence-electron chi connectivity index (χ4n) is 1.34. The van der Waals surface area contributed by atoms with Crippen LogP contribution >= 0.6 is 11.8 Å². The van der Waals surface area contributed by atoms with Crippen LogP contribution in [-0.4, -0.2) is 22.5 Å². The van der Waals surface area contributed by atoms with E-state index < -0.39 is 0 Å². The first-order valence-electron chi connectivity index (χ1n) is 5.45. The maximum atomic E-state index is 4.27. The molecule has 1 unspecified atom stereocenters. The van der Waals surface area contributed by atoms with Crippen LogP contribution in [0.1, 0.15) is 25.1 Å². The zero-order valence-electron chi connectivity index (χ0n) is 9.79. The second-order valence-electron chi connectivity index (χ2n) is 3.69. The van der Waals surface area contributed by atoms with Gasteiger partial charge in [-0.15, -0.1) is 0 Å². The Kier molecular flexibility index (Phi) is 5.73. The van der Waals surface area contributed by atoms with Crippen molar-refractivity contribution >= 4 is 11.8 Å². The molecule has 1 rings (SSSR count). The van der Waals surface area contributed by atoms with Crippen molar-refractivity contribution in [2.75, 3.05) is 11.5 Å². The van der Waals surface area contributed by atoms with E-state index in [-0.39, 0.29) is 0 Å². The van der Waals surface area contributed by atoms with Gasteiger partial charge >= 0.3 is 0 Å². The first-order valence-corrected chi connectivity index (χ1v) is 6.61. The van der Waals surface area contributed by atoms with Gasteiger partial charge < -0.3 is 5.32 Å². The zero-order valence-corrected chi connectivity index (χ0v) is 10.6. The van der Waals surface area contributed by atoms with Crippen LogP contribution < -0.4 is 5.32 Å². The molecule has 0 spiro atoms. The molecule has 84 valence electrons. The van der Waals surface area contributed by atoms with Crippen LogP contribution in [0.4, 0.5) is 0 Å². The Morgan fingerprint density at radius 3 is 3.00 bits per heavy atom. The summed E-state index contributed by atoms with van der Waals surface area (Å²) in [7, 11) is 0. The van der Waals surface area contributed by atoms with Crippen LogP contribution in [0.5, 0.6) is 0 Å². The fraction of sp³-hybridized carbons (Fsp3) is 0.583. The van der Waals surface area contributed by atoms with Crippen molar-refractivity contribution in [3.05, 3.63) is 29.6 Å². The molecular weight excluding hydrogens is 204 g/mol. The molecule has 1 aromatic heterocycles. The Labute approximate surface area is 96.9 Å². The Hall–Kier alpha value is -0.540. The highest BCUT2D eigenvalue weighted by Gasteiger charge is 2.02. The molecule has 0 saturated carbocycles. The van der Waals surface area contributed by atoms with Crippen molar-refractivity contribution < 1.29 is 0 Å². The van der Waals surface area contributed by atoms with Gasteiger partial charge in [-0.2, -0.15) is 11.8 Å². The molecule has 0 aliphatic rings. The lowest BCUT2D eigenvalue weighted by Gasteiger charge is -2.13. The van der Waals surface area contributed by atoms with E-state index in [0.29, 0.717) is 6.04 Å². The van der Waals surface area contributed by atoms with Crippen molar-refractivity contribution in [3.8, 4) is 0 Å². The summed E-state index contributed by atoms with van der Waals surface area (Å²) in [5, 5.41) is 3.51. The lowest BCUT2D eigenvalue weighted by atomic mass is 10.2. The molecule has 0 aromatic carbocycles. The van der Waals surface area contributed by atoms with Gasteiger partial charge in [-0.3, -0.25) is 4.98 Å². The van der Waals surface area contributed by atoms with E-state index in [1.54, 1.807) is 0 Å². The minimum Gasteiger partial charge on any atom is -0.309 e. The van der Waals surface area contributed by atoms with Crippen molar-refractivity contribution in [1.29, 1.82) is 0 Å². The van der Waals surface area contributed by atoms with Gasteiger partial charge in [0.15, 0.2) is 0 Å². The molecule has 3 heteroatoms. The summed E-state index contributed by atoms with van der Waals surface area (Å²) in [6, 6.07) is 4.69. The van der Waals surface area contributed by atoms with E-state index in [4.69, 9.17) is 0 Å². The van der Waals surface area contributed by atoms with Gasteiger partial charge in [0.1, 0.15) is 0 Å². The van der Waals surface area contributed by atoms with E-state index in [9.17, 15) is 0 Å². The zero-order chi connectivity index (χ0) is 11.1. The maximum Gasteiger partial charge on any atom is 0.0417 e. The molecule has 0 amide bonds. The highest BCUT2D eigenvalue weighted by Crippen LogP contribution is 2.05. The number of rotatable bonds is 6. The highest BCUT2D eigenvalue weighted by molar-refractivity contribution is 7.99. The number of nitrogens with one attached hydrogen (secondary N) is 1. The molecule has 15 heavy (non-hydrogen) atoms. The van der Waals surface area contributed by atoms with Gasteiger partial charge in [0.2, 0.25) is 0 Å². The van der Waals surface area contributed by atoms with Gasteiger partial charge in [0, 0.05) is 30.2 Å². The first kappa shape index (κ1) is 12.5.